The van der Waals surface area contributed by atoms with Gasteiger partial charge in [0.2, 0.25) is 0 Å². The average Bonchev–Trinajstić information content (AvgIpc) is 3.05. The number of aliphatic carboxylic acids is 1. The lowest BCUT2D eigenvalue weighted by Gasteiger charge is -2.34. The fourth-order valence-electron chi connectivity index (χ4n) is 6.58. The molecule has 1 aliphatic rings. The summed E-state index contributed by atoms with van der Waals surface area (Å²) in [6.07, 6.45) is 9.86. The van der Waals surface area contributed by atoms with Crippen LogP contribution in [-0.2, 0) is 23.8 Å². The highest BCUT2D eigenvalue weighted by Gasteiger charge is 2.40. The van der Waals surface area contributed by atoms with E-state index in [9.17, 15) is 14.7 Å². The molecule has 0 fully saturated rings. The Balaban J connectivity index is 0.000000457. The first-order chi connectivity index (χ1) is 22.3. The molecule has 0 saturated carbocycles. The predicted octanol–water partition coefficient (Wildman–Crippen LogP) is 12.0. The summed E-state index contributed by atoms with van der Waals surface area (Å²) in [5.41, 5.74) is 12.5. The summed E-state index contributed by atoms with van der Waals surface area (Å²) in [7, 11) is 1.02. The molecule has 0 bridgehead atoms. The Hall–Kier alpha value is -3.03. The van der Waals surface area contributed by atoms with Gasteiger partial charge in [-0.05, 0) is 155 Å². The molecular formula is C43H63O3P. The smallest absolute Gasteiger partial charge is 0.310 e. The van der Waals surface area contributed by atoms with Crippen molar-refractivity contribution in [2.75, 3.05) is 6.16 Å². The molecule has 3 aromatic carbocycles. The zero-order valence-corrected chi connectivity index (χ0v) is 32.5. The molecule has 1 aliphatic carbocycles. The molecule has 0 saturated heterocycles. The second-order valence-electron chi connectivity index (χ2n) is 13.1. The number of carbonyl (C=O) groups is 2. The van der Waals surface area contributed by atoms with E-state index in [1.807, 2.05) is 41.5 Å². The van der Waals surface area contributed by atoms with Crippen molar-refractivity contribution in [3.63, 3.8) is 0 Å². The average molecular weight is 659 g/mol. The topological polar surface area (TPSA) is 54.4 Å². The molecule has 0 heterocycles. The van der Waals surface area contributed by atoms with Gasteiger partial charge in [-0.2, -0.15) is 0 Å². The van der Waals surface area contributed by atoms with Gasteiger partial charge in [-0.15, -0.1) is 21.7 Å². The highest BCUT2D eigenvalue weighted by molar-refractivity contribution is 7.37. The van der Waals surface area contributed by atoms with E-state index in [-0.39, 0.29) is 11.7 Å². The minimum atomic E-state index is -0.880. The van der Waals surface area contributed by atoms with E-state index in [0.717, 1.165) is 49.2 Å². The van der Waals surface area contributed by atoms with E-state index >= 15 is 0 Å². The molecule has 4 heteroatoms. The Morgan fingerprint density at radius 3 is 1.96 bits per heavy atom. The summed E-state index contributed by atoms with van der Waals surface area (Å²) in [5, 5.41) is 9.99. The van der Waals surface area contributed by atoms with Crippen LogP contribution in [0.1, 0.15) is 139 Å². The van der Waals surface area contributed by atoms with Crippen LogP contribution in [0.15, 0.2) is 55.6 Å². The number of rotatable bonds is 10. The molecule has 0 spiro atoms. The molecule has 258 valence electrons. The van der Waals surface area contributed by atoms with Crippen molar-refractivity contribution in [3.8, 4) is 0 Å². The molecule has 3 aromatic rings. The fourth-order valence-corrected chi connectivity index (χ4v) is 7.85. The molecule has 3 nitrogen and oxygen atoms in total. The van der Waals surface area contributed by atoms with Crippen molar-refractivity contribution in [3.05, 3.63) is 117 Å². The van der Waals surface area contributed by atoms with Crippen LogP contribution < -0.4 is 0 Å². The predicted molar refractivity (Wildman–Crippen MR) is 207 cm³/mol. The van der Waals surface area contributed by atoms with Gasteiger partial charge in [-0.1, -0.05) is 69.7 Å². The number of unbranched alkanes of at least 4 members (excludes halogenated alkanes) is 1. The minimum Gasteiger partial charge on any atom is -0.481 e. The van der Waals surface area contributed by atoms with Crippen molar-refractivity contribution in [1.29, 1.82) is 0 Å². The molecular weight excluding hydrogens is 595 g/mol. The monoisotopic (exact) mass is 658 g/mol. The lowest BCUT2D eigenvalue weighted by Crippen LogP contribution is -2.32. The summed E-state index contributed by atoms with van der Waals surface area (Å²) in [4.78, 5) is 23.7. The third kappa shape index (κ3) is 11.3. The number of ketones is 1. The lowest BCUT2D eigenvalue weighted by molar-refractivity contribution is -0.147. The highest BCUT2D eigenvalue weighted by atomic mass is 31.1. The van der Waals surface area contributed by atoms with Crippen LogP contribution in [0.4, 0.5) is 0 Å². The maximum atomic E-state index is 12.2. The van der Waals surface area contributed by atoms with Crippen molar-refractivity contribution < 1.29 is 14.7 Å². The van der Waals surface area contributed by atoms with Crippen LogP contribution >= 0.6 is 8.58 Å². The molecule has 4 rings (SSSR count). The Labute approximate surface area is 289 Å². The first-order valence-electron chi connectivity index (χ1n) is 17.5. The maximum Gasteiger partial charge on any atom is 0.310 e. The van der Waals surface area contributed by atoms with Crippen LogP contribution in [0.25, 0.3) is 0 Å². The van der Waals surface area contributed by atoms with Gasteiger partial charge >= 0.3 is 5.97 Å². The largest absolute Gasteiger partial charge is 0.481 e. The molecule has 47 heavy (non-hydrogen) atoms. The minimum absolute atomic E-state index is 0.161. The van der Waals surface area contributed by atoms with Gasteiger partial charge in [-0.25, -0.2) is 0 Å². The van der Waals surface area contributed by atoms with Crippen molar-refractivity contribution in [2.24, 2.45) is 5.41 Å². The number of benzene rings is 3. The highest BCUT2D eigenvalue weighted by Crippen LogP contribution is 2.44. The van der Waals surface area contributed by atoms with Gasteiger partial charge in [0.15, 0.2) is 5.78 Å². The SMILES string of the molecule is C=C.CC.CCCCPCc1cc(C)c(C(C)=O)c(C)c1.Cc1ccc(C(c2ccc3c(c2)CCCC3)C(C)(C)C(=O)O)c(C)c1C. The second kappa shape index (κ2) is 20.4. The maximum absolute atomic E-state index is 12.2. The van der Waals surface area contributed by atoms with Gasteiger partial charge in [0.1, 0.15) is 0 Å². The number of hydrogen-bond acceptors (Lipinski definition) is 2. The van der Waals surface area contributed by atoms with Crippen molar-refractivity contribution in [1.82, 2.24) is 0 Å². The first-order valence-corrected chi connectivity index (χ1v) is 18.9. The van der Waals surface area contributed by atoms with E-state index in [1.165, 1.54) is 71.4 Å². The van der Waals surface area contributed by atoms with Crippen LogP contribution in [0, 0.1) is 40.0 Å². The number of aryl methyl sites for hydroxylation is 5. The van der Waals surface area contributed by atoms with Crippen LogP contribution in [0.3, 0.4) is 0 Å². The summed E-state index contributed by atoms with van der Waals surface area (Å²) < 4.78 is 0. The zero-order valence-electron chi connectivity index (χ0n) is 31.5. The van der Waals surface area contributed by atoms with E-state index in [1.54, 1.807) is 6.92 Å². The lowest BCUT2D eigenvalue weighted by atomic mass is 9.69. The zero-order chi connectivity index (χ0) is 35.9. The molecule has 0 amide bonds. The third-order valence-electron chi connectivity index (χ3n) is 9.37. The molecule has 0 radical (unpaired) electrons. The fraction of sp³-hybridized carbons (Fsp3) is 0.488. The quantitative estimate of drug-likeness (QED) is 0.102. The number of carbonyl (C=O) groups excluding carboxylic acids is 1. The van der Waals surface area contributed by atoms with E-state index in [2.05, 4.69) is 83.3 Å². The molecule has 1 N–H and O–H groups in total. The molecule has 2 atom stereocenters. The molecule has 0 aromatic heterocycles. The summed E-state index contributed by atoms with van der Waals surface area (Å²) in [5.74, 6) is -0.732. The number of hydrogen-bond donors (Lipinski definition) is 1. The van der Waals surface area contributed by atoms with Gasteiger partial charge in [0.05, 0.1) is 5.41 Å². The Morgan fingerprint density at radius 1 is 0.851 bits per heavy atom. The summed E-state index contributed by atoms with van der Waals surface area (Å²) >= 11 is 0. The number of Topliss-reactive ketones (excluding diaryl/α,β-unsaturated/α-hetero) is 1. The van der Waals surface area contributed by atoms with Gasteiger partial charge in [0.25, 0.3) is 0 Å². The van der Waals surface area contributed by atoms with Gasteiger partial charge in [-0.3, -0.25) is 9.59 Å². The van der Waals surface area contributed by atoms with E-state index in [4.69, 9.17) is 0 Å². The number of fused-ring (bicyclic) bond motifs is 1. The first kappa shape index (κ1) is 42.0. The van der Waals surface area contributed by atoms with Crippen LogP contribution in [-0.4, -0.2) is 23.0 Å². The third-order valence-corrected chi connectivity index (χ3v) is 10.7. The number of carboxylic acid groups (broad SMARTS) is 1. The second-order valence-corrected chi connectivity index (χ2v) is 14.5. The van der Waals surface area contributed by atoms with E-state index in [0.29, 0.717) is 0 Å². The van der Waals surface area contributed by atoms with Crippen molar-refractivity contribution >= 4 is 20.3 Å². The molecule has 2 unspecified atom stereocenters. The van der Waals surface area contributed by atoms with Gasteiger partial charge in [0, 0.05) is 11.5 Å². The van der Waals surface area contributed by atoms with Gasteiger partial charge < -0.3 is 5.11 Å². The Morgan fingerprint density at radius 2 is 1.43 bits per heavy atom. The van der Waals surface area contributed by atoms with Crippen LogP contribution in [0.5, 0.6) is 0 Å². The molecule has 0 aliphatic heterocycles. The summed E-state index contributed by atoms with van der Waals surface area (Å²) in [6.45, 7) is 28.1. The van der Waals surface area contributed by atoms with Crippen molar-refractivity contribution in [2.45, 2.75) is 127 Å². The van der Waals surface area contributed by atoms with E-state index < -0.39 is 11.4 Å². The standard InChI is InChI=1S/C24H30O2.C15H23OP.C2H6.C2H4/c1-15-10-13-21(17(3)16(15)2)22(24(4,5)23(25)26)20-12-11-18-8-6-7-9-19(18)14-20;1-5-6-7-17-10-14-8-11(2)15(13(4)16)12(3)9-14;2*1-2/h10-14,22H,6-9H2,1-5H3,(H,25,26);8-9,17H,5-7,10H2,1-4H3;1-2H3;1-2H2. The Kier molecular flexibility index (Phi) is 18.2. The normalized spacial score (nSPS) is 12.8. The Bertz CT molecular complexity index is 1440. The summed E-state index contributed by atoms with van der Waals surface area (Å²) in [6, 6.07) is 15.3. The van der Waals surface area contributed by atoms with Crippen LogP contribution in [0.2, 0.25) is 0 Å². The number of carboxylic acids is 1.